The number of aliphatic hydroxyl groups excluding tert-OH is 1. The number of rotatable bonds is 4. The molecule has 1 N–H and O–H groups in total. The van der Waals surface area contributed by atoms with Gasteiger partial charge in [-0.1, -0.05) is 12.1 Å². The van der Waals surface area contributed by atoms with Crippen LogP contribution < -0.4 is 4.74 Å². The fourth-order valence-corrected chi connectivity index (χ4v) is 2.11. The van der Waals surface area contributed by atoms with Gasteiger partial charge in [-0.25, -0.2) is 0 Å². The molecule has 0 spiro atoms. The van der Waals surface area contributed by atoms with Crippen molar-refractivity contribution in [2.45, 2.75) is 32.3 Å². The van der Waals surface area contributed by atoms with Crippen molar-refractivity contribution in [3.05, 3.63) is 29.8 Å². The van der Waals surface area contributed by atoms with Gasteiger partial charge >= 0.3 is 0 Å². The molecule has 2 heteroatoms. The van der Waals surface area contributed by atoms with Gasteiger partial charge in [0.25, 0.3) is 0 Å². The molecule has 1 aromatic carbocycles. The molecule has 2 rings (SSSR count). The van der Waals surface area contributed by atoms with Crippen LogP contribution in [0.25, 0.3) is 0 Å². The molecule has 1 saturated carbocycles. The van der Waals surface area contributed by atoms with Crippen LogP contribution >= 0.6 is 0 Å². The molecule has 0 radical (unpaired) electrons. The maximum absolute atomic E-state index is 9.44. The average molecular weight is 206 g/mol. The third kappa shape index (κ3) is 2.32. The molecule has 0 unspecified atom stereocenters. The molecule has 0 aliphatic heterocycles. The van der Waals surface area contributed by atoms with Crippen LogP contribution in [0.2, 0.25) is 0 Å². The Hall–Kier alpha value is -1.02. The number of ether oxygens (including phenoxy) is 1. The van der Waals surface area contributed by atoms with Gasteiger partial charge in [0.15, 0.2) is 0 Å². The number of hydrogen-bond donors (Lipinski definition) is 1. The summed E-state index contributed by atoms with van der Waals surface area (Å²) in [5.74, 6) is 1.94. The van der Waals surface area contributed by atoms with E-state index in [2.05, 4.69) is 12.1 Å². The van der Waals surface area contributed by atoms with Crippen LogP contribution in [0.1, 0.15) is 31.7 Å². The van der Waals surface area contributed by atoms with Gasteiger partial charge in [0.1, 0.15) is 5.75 Å². The molecule has 0 bridgehead atoms. The van der Waals surface area contributed by atoms with E-state index in [1.807, 2.05) is 26.0 Å². The lowest BCUT2D eigenvalue weighted by Gasteiger charge is -2.05. The van der Waals surface area contributed by atoms with Gasteiger partial charge < -0.3 is 9.84 Å². The van der Waals surface area contributed by atoms with Crippen LogP contribution in [0, 0.1) is 5.92 Å². The van der Waals surface area contributed by atoms with E-state index in [-0.39, 0.29) is 6.10 Å². The largest absolute Gasteiger partial charge is 0.494 e. The Bertz CT molecular complexity index is 316. The summed E-state index contributed by atoms with van der Waals surface area (Å²) in [5.41, 5.74) is 1.32. The molecule has 3 atom stereocenters. The Morgan fingerprint density at radius 3 is 2.53 bits per heavy atom. The molecule has 0 aromatic heterocycles. The van der Waals surface area contributed by atoms with Crippen LogP contribution in [0.5, 0.6) is 5.75 Å². The normalized spacial score (nSPS) is 26.1. The van der Waals surface area contributed by atoms with Crippen LogP contribution in [-0.2, 0) is 0 Å². The first kappa shape index (κ1) is 10.5. The highest BCUT2D eigenvalue weighted by Gasteiger charge is 2.41. The predicted octanol–water partition coefficient (Wildman–Crippen LogP) is 2.57. The molecule has 0 amide bonds. The Morgan fingerprint density at radius 2 is 2.07 bits per heavy atom. The smallest absolute Gasteiger partial charge is 0.119 e. The van der Waals surface area contributed by atoms with Crippen molar-refractivity contribution in [1.82, 2.24) is 0 Å². The molecule has 0 saturated heterocycles. The molecule has 1 aromatic rings. The second kappa shape index (κ2) is 4.23. The van der Waals surface area contributed by atoms with Crippen molar-refractivity contribution in [1.29, 1.82) is 0 Å². The third-order valence-electron chi connectivity index (χ3n) is 3.08. The Balaban J connectivity index is 2.00. The van der Waals surface area contributed by atoms with Crippen molar-refractivity contribution < 1.29 is 9.84 Å². The summed E-state index contributed by atoms with van der Waals surface area (Å²) in [6.07, 6.45) is 0.938. The summed E-state index contributed by atoms with van der Waals surface area (Å²) in [6.45, 7) is 4.57. The molecular formula is C13H18O2. The summed E-state index contributed by atoms with van der Waals surface area (Å²) < 4.78 is 5.39. The van der Waals surface area contributed by atoms with Gasteiger partial charge in [0.2, 0.25) is 0 Å². The van der Waals surface area contributed by atoms with Crippen molar-refractivity contribution in [2.75, 3.05) is 6.61 Å². The molecule has 15 heavy (non-hydrogen) atoms. The summed E-state index contributed by atoms with van der Waals surface area (Å²) in [4.78, 5) is 0. The Labute approximate surface area is 90.9 Å². The van der Waals surface area contributed by atoms with Crippen molar-refractivity contribution in [2.24, 2.45) is 5.92 Å². The molecule has 0 heterocycles. The van der Waals surface area contributed by atoms with Gasteiger partial charge in [0.05, 0.1) is 12.7 Å². The van der Waals surface area contributed by atoms with E-state index in [9.17, 15) is 5.11 Å². The van der Waals surface area contributed by atoms with Gasteiger partial charge in [-0.2, -0.15) is 0 Å². The van der Waals surface area contributed by atoms with E-state index >= 15 is 0 Å². The van der Waals surface area contributed by atoms with Gasteiger partial charge in [-0.3, -0.25) is 0 Å². The lowest BCUT2D eigenvalue weighted by molar-refractivity contribution is 0.169. The Kier molecular flexibility index (Phi) is 2.96. The van der Waals surface area contributed by atoms with E-state index in [0.717, 1.165) is 12.2 Å². The molecule has 1 aliphatic rings. The standard InChI is InChI=1S/C13H18O2/c1-3-15-11-6-4-10(5-7-11)13-8-12(13)9(2)14/h4-7,9,12-14H,3,8H2,1-2H3/t9-,12-,13-/m1/s1. The number of benzene rings is 1. The fraction of sp³-hybridized carbons (Fsp3) is 0.538. The number of hydrogen-bond acceptors (Lipinski definition) is 2. The maximum atomic E-state index is 9.44. The maximum Gasteiger partial charge on any atom is 0.119 e. The van der Waals surface area contributed by atoms with Crippen LogP contribution in [0.4, 0.5) is 0 Å². The highest BCUT2D eigenvalue weighted by Crippen LogP contribution is 2.49. The zero-order chi connectivity index (χ0) is 10.8. The SMILES string of the molecule is CCOc1ccc([C@H]2C[C@@H]2[C@@H](C)O)cc1. The van der Waals surface area contributed by atoms with Crippen molar-refractivity contribution >= 4 is 0 Å². The number of aliphatic hydroxyl groups is 1. The molecule has 2 nitrogen and oxygen atoms in total. The lowest BCUT2D eigenvalue weighted by Crippen LogP contribution is -2.03. The van der Waals surface area contributed by atoms with Gasteiger partial charge in [-0.15, -0.1) is 0 Å². The minimum absolute atomic E-state index is 0.179. The van der Waals surface area contributed by atoms with E-state index < -0.39 is 0 Å². The molecular weight excluding hydrogens is 188 g/mol. The predicted molar refractivity (Wildman–Crippen MR) is 60.1 cm³/mol. The Morgan fingerprint density at radius 1 is 1.40 bits per heavy atom. The van der Waals surface area contributed by atoms with E-state index in [1.54, 1.807) is 0 Å². The van der Waals surface area contributed by atoms with Crippen LogP contribution in [-0.4, -0.2) is 17.8 Å². The van der Waals surface area contributed by atoms with E-state index in [0.29, 0.717) is 18.4 Å². The molecule has 82 valence electrons. The van der Waals surface area contributed by atoms with E-state index in [1.165, 1.54) is 5.56 Å². The van der Waals surface area contributed by atoms with Gasteiger partial charge in [0, 0.05) is 0 Å². The zero-order valence-corrected chi connectivity index (χ0v) is 9.31. The second-order valence-electron chi connectivity index (χ2n) is 4.25. The summed E-state index contributed by atoms with van der Waals surface area (Å²) in [5, 5.41) is 9.44. The minimum Gasteiger partial charge on any atom is -0.494 e. The summed E-state index contributed by atoms with van der Waals surface area (Å²) >= 11 is 0. The molecule has 1 aliphatic carbocycles. The third-order valence-corrected chi connectivity index (χ3v) is 3.08. The quantitative estimate of drug-likeness (QED) is 0.820. The topological polar surface area (TPSA) is 29.5 Å². The zero-order valence-electron chi connectivity index (χ0n) is 9.31. The summed E-state index contributed by atoms with van der Waals surface area (Å²) in [7, 11) is 0. The van der Waals surface area contributed by atoms with Crippen molar-refractivity contribution in [3.63, 3.8) is 0 Å². The molecule has 1 fully saturated rings. The van der Waals surface area contributed by atoms with Crippen molar-refractivity contribution in [3.8, 4) is 5.75 Å². The highest BCUT2D eigenvalue weighted by atomic mass is 16.5. The monoisotopic (exact) mass is 206 g/mol. The van der Waals surface area contributed by atoms with Crippen LogP contribution in [0.15, 0.2) is 24.3 Å². The first-order valence-corrected chi connectivity index (χ1v) is 5.63. The highest BCUT2D eigenvalue weighted by molar-refractivity contribution is 5.32. The minimum atomic E-state index is -0.179. The average Bonchev–Trinajstić information content (AvgIpc) is 2.99. The summed E-state index contributed by atoms with van der Waals surface area (Å²) in [6, 6.07) is 8.24. The van der Waals surface area contributed by atoms with Gasteiger partial charge in [-0.05, 0) is 49.8 Å². The first-order valence-electron chi connectivity index (χ1n) is 5.63. The lowest BCUT2D eigenvalue weighted by atomic mass is 10.1. The van der Waals surface area contributed by atoms with Crippen LogP contribution in [0.3, 0.4) is 0 Å². The fourth-order valence-electron chi connectivity index (χ4n) is 2.11. The first-order chi connectivity index (χ1) is 7.22. The second-order valence-corrected chi connectivity index (χ2v) is 4.25. The van der Waals surface area contributed by atoms with E-state index in [4.69, 9.17) is 4.74 Å².